The second-order valence-electron chi connectivity index (χ2n) is 7.36. The number of phenols is 2. The highest BCUT2D eigenvalue weighted by molar-refractivity contribution is 5.87. The van der Waals surface area contributed by atoms with Crippen molar-refractivity contribution in [1.82, 2.24) is 0 Å². The van der Waals surface area contributed by atoms with Crippen LogP contribution in [0.2, 0.25) is 0 Å². The highest BCUT2D eigenvalue weighted by Gasteiger charge is 2.45. The molecule has 11 nitrogen and oxygen atoms in total. The summed E-state index contributed by atoms with van der Waals surface area (Å²) < 4.78 is 26.3. The van der Waals surface area contributed by atoms with Crippen molar-refractivity contribution in [3.63, 3.8) is 0 Å². The number of rotatable bonds is 8. The summed E-state index contributed by atoms with van der Waals surface area (Å²) in [7, 11) is 2.74. The lowest BCUT2D eigenvalue weighted by atomic mass is 9.99. The number of hydrogen-bond donors (Lipinski definition) is 5. The molecule has 0 saturated carbocycles. The number of aromatic hydroxyl groups is 2. The first-order chi connectivity index (χ1) is 16.2. The smallest absolute Gasteiger partial charge is 0.330 e. The SMILES string of the molecule is COc1cc(/C=C/C(=O)OC[C@H]2O[C@@H](Oc3ccc(O)cc3OC)[C@H](O)[C@@H](O)[C@@H]2O)ccc1O. The minimum absolute atomic E-state index is 0.0481. The summed E-state index contributed by atoms with van der Waals surface area (Å²) in [4.78, 5) is 12.1. The zero-order valence-corrected chi connectivity index (χ0v) is 18.4. The van der Waals surface area contributed by atoms with E-state index in [4.69, 9.17) is 23.7 Å². The fourth-order valence-electron chi connectivity index (χ4n) is 3.20. The Morgan fingerprint density at radius 1 is 0.941 bits per heavy atom. The maximum atomic E-state index is 12.1. The molecule has 5 atom stereocenters. The molecule has 0 aromatic heterocycles. The van der Waals surface area contributed by atoms with Gasteiger partial charge in [0.15, 0.2) is 23.0 Å². The van der Waals surface area contributed by atoms with Gasteiger partial charge in [-0.25, -0.2) is 4.79 Å². The van der Waals surface area contributed by atoms with Crippen molar-refractivity contribution in [3.05, 3.63) is 48.0 Å². The summed E-state index contributed by atoms with van der Waals surface area (Å²) in [6.45, 7) is -0.445. The molecule has 5 N–H and O–H groups in total. The van der Waals surface area contributed by atoms with E-state index < -0.39 is 43.3 Å². The molecule has 34 heavy (non-hydrogen) atoms. The lowest BCUT2D eigenvalue weighted by Gasteiger charge is -2.39. The molecular weight excluding hydrogens is 452 g/mol. The van der Waals surface area contributed by atoms with Gasteiger partial charge in [-0.15, -0.1) is 0 Å². The van der Waals surface area contributed by atoms with Crippen LogP contribution in [0.15, 0.2) is 42.5 Å². The largest absolute Gasteiger partial charge is 0.508 e. The average Bonchev–Trinajstić information content (AvgIpc) is 2.83. The van der Waals surface area contributed by atoms with Gasteiger partial charge in [0.2, 0.25) is 6.29 Å². The Hall–Kier alpha value is -3.51. The Kier molecular flexibility index (Phi) is 8.18. The third-order valence-electron chi connectivity index (χ3n) is 5.06. The number of hydrogen-bond acceptors (Lipinski definition) is 11. The maximum Gasteiger partial charge on any atom is 0.330 e. The van der Waals surface area contributed by atoms with Crippen LogP contribution < -0.4 is 14.2 Å². The Morgan fingerprint density at radius 2 is 1.68 bits per heavy atom. The van der Waals surface area contributed by atoms with Gasteiger partial charge < -0.3 is 49.2 Å². The second-order valence-corrected chi connectivity index (χ2v) is 7.36. The summed E-state index contributed by atoms with van der Waals surface area (Å²) in [5.74, 6) is -0.396. The number of carbonyl (C=O) groups excluding carboxylic acids is 1. The molecule has 1 heterocycles. The van der Waals surface area contributed by atoms with Crippen LogP contribution in [0.4, 0.5) is 0 Å². The third-order valence-corrected chi connectivity index (χ3v) is 5.06. The van der Waals surface area contributed by atoms with Crippen molar-refractivity contribution < 1.29 is 54.0 Å². The summed E-state index contributed by atoms with van der Waals surface area (Å²) >= 11 is 0. The van der Waals surface area contributed by atoms with Gasteiger partial charge in [-0.2, -0.15) is 0 Å². The molecule has 11 heteroatoms. The molecule has 0 aliphatic carbocycles. The lowest BCUT2D eigenvalue weighted by Crippen LogP contribution is -2.60. The zero-order valence-electron chi connectivity index (χ0n) is 18.4. The number of methoxy groups -OCH3 is 2. The van der Waals surface area contributed by atoms with E-state index >= 15 is 0 Å². The molecule has 1 fully saturated rings. The van der Waals surface area contributed by atoms with Crippen LogP contribution in [0.3, 0.4) is 0 Å². The van der Waals surface area contributed by atoms with E-state index in [0.717, 1.165) is 6.08 Å². The maximum absolute atomic E-state index is 12.1. The van der Waals surface area contributed by atoms with E-state index in [2.05, 4.69) is 0 Å². The van der Waals surface area contributed by atoms with E-state index in [1.54, 1.807) is 6.07 Å². The summed E-state index contributed by atoms with van der Waals surface area (Å²) in [6.07, 6.45) is -4.91. The molecule has 0 unspecified atom stereocenters. The van der Waals surface area contributed by atoms with Crippen molar-refractivity contribution in [1.29, 1.82) is 0 Å². The topological polar surface area (TPSA) is 164 Å². The molecule has 1 aliphatic heterocycles. The molecular formula is C23H26O11. The Balaban J connectivity index is 1.63. The van der Waals surface area contributed by atoms with E-state index in [1.807, 2.05) is 0 Å². The molecule has 184 valence electrons. The minimum Gasteiger partial charge on any atom is -0.508 e. The quantitative estimate of drug-likeness (QED) is 0.266. The third kappa shape index (κ3) is 5.88. The molecule has 0 amide bonds. The van der Waals surface area contributed by atoms with E-state index in [9.17, 15) is 30.3 Å². The molecule has 3 rings (SSSR count). The fraction of sp³-hybridized carbons (Fsp3) is 0.348. The molecule has 2 aromatic rings. The van der Waals surface area contributed by atoms with E-state index in [0.29, 0.717) is 5.56 Å². The van der Waals surface area contributed by atoms with Crippen molar-refractivity contribution in [2.24, 2.45) is 0 Å². The van der Waals surface area contributed by atoms with Crippen molar-refractivity contribution in [2.75, 3.05) is 20.8 Å². The van der Waals surface area contributed by atoms with Crippen LogP contribution in [0.5, 0.6) is 28.7 Å². The molecule has 0 radical (unpaired) electrons. The number of esters is 1. The van der Waals surface area contributed by atoms with Crippen LogP contribution >= 0.6 is 0 Å². The first-order valence-electron chi connectivity index (χ1n) is 10.2. The number of ether oxygens (including phenoxy) is 5. The van der Waals surface area contributed by atoms with Crippen LogP contribution in [0.25, 0.3) is 6.08 Å². The summed E-state index contributed by atoms with van der Waals surface area (Å²) in [5.41, 5.74) is 0.565. The fourth-order valence-corrected chi connectivity index (χ4v) is 3.20. The van der Waals surface area contributed by atoms with Crippen LogP contribution in [0.1, 0.15) is 5.56 Å². The molecule has 0 spiro atoms. The minimum atomic E-state index is -1.65. The molecule has 2 aromatic carbocycles. The van der Waals surface area contributed by atoms with Crippen molar-refractivity contribution in [2.45, 2.75) is 30.7 Å². The zero-order chi connectivity index (χ0) is 24.8. The summed E-state index contributed by atoms with van der Waals surface area (Å²) in [6, 6.07) is 8.47. The first kappa shape index (κ1) is 25.1. The Morgan fingerprint density at radius 3 is 2.38 bits per heavy atom. The first-order valence-corrected chi connectivity index (χ1v) is 10.2. The van der Waals surface area contributed by atoms with Gasteiger partial charge in [0.25, 0.3) is 0 Å². The molecule has 1 aliphatic rings. The van der Waals surface area contributed by atoms with Crippen molar-refractivity contribution >= 4 is 12.0 Å². The normalized spacial score (nSPS) is 24.6. The average molecular weight is 478 g/mol. The number of benzene rings is 2. The molecule has 0 bridgehead atoms. The summed E-state index contributed by atoms with van der Waals surface area (Å²) in [5, 5.41) is 49.9. The van der Waals surface area contributed by atoms with Gasteiger partial charge in [0, 0.05) is 12.1 Å². The highest BCUT2D eigenvalue weighted by Crippen LogP contribution is 2.33. The number of aliphatic hydroxyl groups excluding tert-OH is 3. The predicted molar refractivity (Wildman–Crippen MR) is 117 cm³/mol. The predicted octanol–water partition coefficient (Wildman–Crippen LogP) is 0.558. The van der Waals surface area contributed by atoms with Crippen LogP contribution in [0, 0.1) is 0 Å². The van der Waals surface area contributed by atoms with Gasteiger partial charge >= 0.3 is 5.97 Å². The van der Waals surface area contributed by atoms with E-state index in [-0.39, 0.29) is 28.7 Å². The van der Waals surface area contributed by atoms with Gasteiger partial charge in [0.1, 0.15) is 36.8 Å². The standard InChI is InChI=1S/C23H26O11/c1-30-16-9-12(3-6-14(16)25)4-8-19(26)32-11-18-20(27)21(28)22(29)23(34-18)33-15-7-5-13(24)10-17(15)31-2/h3-10,18,20-25,27-29H,11H2,1-2H3/b8-4+/t18-,20-,21+,22-,23-/m1/s1. The van der Waals surface area contributed by atoms with Gasteiger partial charge in [-0.3, -0.25) is 0 Å². The van der Waals surface area contributed by atoms with Crippen molar-refractivity contribution in [3.8, 4) is 28.7 Å². The Bertz CT molecular complexity index is 1020. The monoisotopic (exact) mass is 478 g/mol. The van der Waals surface area contributed by atoms with Crippen LogP contribution in [-0.4, -0.2) is 83.0 Å². The number of phenolic OH excluding ortho intramolecular Hbond substituents is 2. The lowest BCUT2D eigenvalue weighted by molar-refractivity contribution is -0.278. The second kappa shape index (κ2) is 11.1. The van der Waals surface area contributed by atoms with Gasteiger partial charge in [-0.1, -0.05) is 6.07 Å². The van der Waals surface area contributed by atoms with E-state index in [1.165, 1.54) is 50.6 Å². The van der Waals surface area contributed by atoms with Gasteiger partial charge in [0.05, 0.1) is 14.2 Å². The number of aliphatic hydroxyl groups is 3. The highest BCUT2D eigenvalue weighted by atomic mass is 16.7. The number of carbonyl (C=O) groups is 1. The Labute approximate surface area is 195 Å². The van der Waals surface area contributed by atoms with Crippen LogP contribution in [-0.2, 0) is 14.3 Å². The molecule has 1 saturated heterocycles. The van der Waals surface area contributed by atoms with Gasteiger partial charge in [-0.05, 0) is 35.9 Å².